The van der Waals surface area contributed by atoms with Gasteiger partial charge in [-0.2, -0.15) is 0 Å². The highest BCUT2D eigenvalue weighted by Gasteiger charge is 2.50. The van der Waals surface area contributed by atoms with Crippen LogP contribution in [0.3, 0.4) is 0 Å². The Balaban J connectivity index is 3.27. The molecule has 0 unspecified atom stereocenters. The maximum atomic E-state index is 12.0. The largest absolute Gasteiger partial charge is 0.388 e. The van der Waals surface area contributed by atoms with E-state index in [9.17, 15) is 32.2 Å². The number of hydrogen-bond acceptors (Lipinski definition) is 8. The highest BCUT2D eigenvalue weighted by molar-refractivity contribution is 8.09. The topological polar surface area (TPSA) is 138 Å². The van der Waals surface area contributed by atoms with Gasteiger partial charge in [0, 0.05) is 11.5 Å². The first-order valence-electron chi connectivity index (χ1n) is 6.17. The standard InChI is InChI=1S/C10H20O8S2/c1-3-19(14,15)10(20(16,17)4-2)9-8(13)7(12)6(11)5-18-9/h6-13H,3-5H2,1-2H3/t6-,7-,8+,9-/m1/s1. The van der Waals surface area contributed by atoms with Crippen molar-refractivity contribution in [2.45, 2.75) is 42.8 Å². The Kier molecular flexibility index (Phi) is 5.55. The van der Waals surface area contributed by atoms with Gasteiger partial charge >= 0.3 is 0 Å². The fourth-order valence-corrected chi connectivity index (χ4v) is 6.59. The average Bonchev–Trinajstić information content (AvgIpc) is 2.39. The van der Waals surface area contributed by atoms with Crippen LogP contribution in [-0.4, -0.2) is 79.3 Å². The van der Waals surface area contributed by atoms with Gasteiger partial charge in [-0.15, -0.1) is 0 Å². The van der Waals surface area contributed by atoms with E-state index in [1.54, 1.807) is 0 Å². The number of aliphatic hydroxyl groups excluding tert-OH is 3. The molecule has 0 bridgehead atoms. The Morgan fingerprint density at radius 2 is 1.45 bits per heavy atom. The quantitative estimate of drug-likeness (QED) is 0.509. The van der Waals surface area contributed by atoms with E-state index in [1.165, 1.54) is 13.8 Å². The fourth-order valence-electron chi connectivity index (χ4n) is 2.03. The van der Waals surface area contributed by atoms with Gasteiger partial charge in [0.15, 0.2) is 24.3 Å². The lowest BCUT2D eigenvalue weighted by Gasteiger charge is -2.38. The zero-order chi connectivity index (χ0) is 15.7. The van der Waals surface area contributed by atoms with E-state index in [1.807, 2.05) is 0 Å². The van der Waals surface area contributed by atoms with Gasteiger partial charge in [0.25, 0.3) is 0 Å². The Bertz CT molecular complexity index is 491. The fraction of sp³-hybridized carbons (Fsp3) is 1.00. The zero-order valence-corrected chi connectivity index (χ0v) is 12.8. The minimum atomic E-state index is -4.07. The third kappa shape index (κ3) is 3.31. The summed E-state index contributed by atoms with van der Waals surface area (Å²) >= 11 is 0. The molecule has 8 nitrogen and oxygen atoms in total. The van der Waals surface area contributed by atoms with Crippen molar-refractivity contribution in [2.24, 2.45) is 0 Å². The summed E-state index contributed by atoms with van der Waals surface area (Å²) in [4.78, 5) is 0. The third-order valence-corrected chi connectivity index (χ3v) is 8.64. The molecule has 1 aliphatic rings. The van der Waals surface area contributed by atoms with E-state index < -0.39 is 66.8 Å². The molecule has 20 heavy (non-hydrogen) atoms. The molecule has 0 saturated carbocycles. The summed E-state index contributed by atoms with van der Waals surface area (Å²) in [7, 11) is -8.14. The van der Waals surface area contributed by atoms with E-state index in [-0.39, 0.29) is 0 Å². The Hall–Kier alpha value is -0.260. The summed E-state index contributed by atoms with van der Waals surface area (Å²) in [6, 6.07) is 0. The van der Waals surface area contributed by atoms with Crippen LogP contribution in [0.15, 0.2) is 0 Å². The van der Waals surface area contributed by atoms with Gasteiger partial charge in [0.1, 0.15) is 24.4 Å². The van der Waals surface area contributed by atoms with Crippen LogP contribution in [0.25, 0.3) is 0 Å². The molecule has 1 rings (SSSR count). The summed E-state index contributed by atoms with van der Waals surface area (Å²) < 4.78 is 51.1. The molecule has 120 valence electrons. The summed E-state index contributed by atoms with van der Waals surface area (Å²) in [6.07, 6.45) is -6.47. The average molecular weight is 332 g/mol. The van der Waals surface area contributed by atoms with Crippen LogP contribution < -0.4 is 0 Å². The van der Waals surface area contributed by atoms with E-state index in [2.05, 4.69) is 0 Å². The van der Waals surface area contributed by atoms with Crippen LogP contribution in [0.2, 0.25) is 0 Å². The van der Waals surface area contributed by atoms with Gasteiger partial charge in [-0.3, -0.25) is 0 Å². The van der Waals surface area contributed by atoms with Gasteiger partial charge in [0.05, 0.1) is 6.61 Å². The number of sulfone groups is 2. The minimum absolute atomic E-state index is 0.442. The highest BCUT2D eigenvalue weighted by atomic mass is 32.3. The maximum Gasteiger partial charge on any atom is 0.191 e. The molecule has 4 atom stereocenters. The second kappa shape index (κ2) is 6.24. The molecular weight excluding hydrogens is 312 g/mol. The van der Waals surface area contributed by atoms with Crippen molar-refractivity contribution in [3.05, 3.63) is 0 Å². The smallest absolute Gasteiger partial charge is 0.191 e. The minimum Gasteiger partial charge on any atom is -0.388 e. The molecule has 1 saturated heterocycles. The lowest BCUT2D eigenvalue weighted by molar-refractivity contribution is -0.182. The van der Waals surface area contributed by atoms with Crippen molar-refractivity contribution in [2.75, 3.05) is 18.1 Å². The molecule has 0 aromatic heterocycles. The van der Waals surface area contributed by atoms with Gasteiger partial charge in [-0.05, 0) is 0 Å². The van der Waals surface area contributed by atoms with E-state index in [0.717, 1.165) is 0 Å². The van der Waals surface area contributed by atoms with Crippen molar-refractivity contribution < 1.29 is 36.9 Å². The first-order chi connectivity index (χ1) is 9.08. The Morgan fingerprint density at radius 1 is 1.00 bits per heavy atom. The van der Waals surface area contributed by atoms with Crippen LogP contribution in [0, 0.1) is 0 Å². The zero-order valence-electron chi connectivity index (χ0n) is 11.2. The summed E-state index contributed by atoms with van der Waals surface area (Å²) in [5.41, 5.74) is 0. The van der Waals surface area contributed by atoms with Crippen molar-refractivity contribution in [3.8, 4) is 0 Å². The first kappa shape index (κ1) is 17.8. The molecule has 10 heteroatoms. The number of ether oxygens (including phenoxy) is 1. The lowest BCUT2D eigenvalue weighted by atomic mass is 10.0. The molecule has 1 fully saturated rings. The summed E-state index contributed by atoms with van der Waals surface area (Å²) in [6.45, 7) is 2.12. The van der Waals surface area contributed by atoms with E-state index in [4.69, 9.17) is 4.74 Å². The van der Waals surface area contributed by atoms with Crippen LogP contribution in [0.1, 0.15) is 13.8 Å². The SMILES string of the molecule is CCS(=O)(=O)C([C@@H]1OC[C@@H](O)[C@@H](O)[C@@H]1O)S(=O)(=O)CC. The summed E-state index contributed by atoms with van der Waals surface area (Å²) in [5.74, 6) is -0.885. The lowest BCUT2D eigenvalue weighted by Crippen LogP contribution is -2.60. The van der Waals surface area contributed by atoms with Crippen LogP contribution in [0.5, 0.6) is 0 Å². The molecule has 1 heterocycles. The monoisotopic (exact) mass is 332 g/mol. The Labute approximate surface area is 118 Å². The second-order valence-corrected chi connectivity index (χ2v) is 9.74. The van der Waals surface area contributed by atoms with Gasteiger partial charge in [-0.1, -0.05) is 13.8 Å². The molecular formula is C10H20O8S2. The van der Waals surface area contributed by atoms with E-state index >= 15 is 0 Å². The summed E-state index contributed by atoms with van der Waals surface area (Å²) in [5, 5.41) is 28.7. The highest BCUT2D eigenvalue weighted by Crippen LogP contribution is 2.26. The van der Waals surface area contributed by atoms with Gasteiger partial charge in [-0.25, -0.2) is 16.8 Å². The molecule has 3 N–H and O–H groups in total. The van der Waals surface area contributed by atoms with E-state index in [0.29, 0.717) is 0 Å². The van der Waals surface area contributed by atoms with Crippen molar-refractivity contribution in [1.29, 1.82) is 0 Å². The number of aliphatic hydroxyl groups is 3. The van der Waals surface area contributed by atoms with Gasteiger partial charge in [0.2, 0.25) is 0 Å². The molecule has 0 aromatic carbocycles. The van der Waals surface area contributed by atoms with Crippen LogP contribution >= 0.6 is 0 Å². The first-order valence-corrected chi connectivity index (χ1v) is 9.60. The molecule has 1 aliphatic heterocycles. The predicted octanol–water partition coefficient (Wildman–Crippen LogP) is -2.34. The van der Waals surface area contributed by atoms with Crippen molar-refractivity contribution in [3.63, 3.8) is 0 Å². The molecule has 0 radical (unpaired) electrons. The van der Waals surface area contributed by atoms with Crippen LogP contribution in [0.4, 0.5) is 0 Å². The van der Waals surface area contributed by atoms with Crippen LogP contribution in [-0.2, 0) is 24.4 Å². The number of rotatable bonds is 5. The molecule has 0 aromatic rings. The van der Waals surface area contributed by atoms with Gasteiger partial charge < -0.3 is 20.1 Å². The predicted molar refractivity (Wildman–Crippen MR) is 70.5 cm³/mol. The molecule has 0 spiro atoms. The van der Waals surface area contributed by atoms with Crippen molar-refractivity contribution in [1.82, 2.24) is 0 Å². The normalized spacial score (nSPS) is 32.5. The second-order valence-electron chi connectivity index (χ2n) is 4.62. The van der Waals surface area contributed by atoms with Crippen molar-refractivity contribution >= 4 is 19.7 Å². The molecule has 0 aliphatic carbocycles. The maximum absolute atomic E-state index is 12.0. The third-order valence-electron chi connectivity index (χ3n) is 3.32. The number of hydrogen-bond donors (Lipinski definition) is 3. The Morgan fingerprint density at radius 3 is 1.85 bits per heavy atom. The molecule has 0 amide bonds.